The third kappa shape index (κ3) is 3.10. The first-order valence-corrected chi connectivity index (χ1v) is 8.74. The van der Waals surface area contributed by atoms with Gasteiger partial charge in [0.1, 0.15) is 0 Å². The summed E-state index contributed by atoms with van der Waals surface area (Å²) in [5, 5.41) is 3.91. The summed E-state index contributed by atoms with van der Waals surface area (Å²) in [7, 11) is 0. The van der Waals surface area contributed by atoms with Gasteiger partial charge < -0.3 is 0 Å². The van der Waals surface area contributed by atoms with Gasteiger partial charge >= 0.3 is 0 Å². The van der Waals surface area contributed by atoms with Crippen molar-refractivity contribution in [3.8, 4) is 0 Å². The van der Waals surface area contributed by atoms with Gasteiger partial charge in [0.2, 0.25) is 0 Å². The summed E-state index contributed by atoms with van der Waals surface area (Å²) in [5.74, 6) is -0.165. The van der Waals surface area contributed by atoms with Crippen LogP contribution >= 0.6 is 34.4 Å². The fourth-order valence-corrected chi connectivity index (χ4v) is 5.66. The predicted molar refractivity (Wildman–Crippen MR) is 91.3 cm³/mol. The highest BCUT2D eigenvalue weighted by Crippen LogP contribution is 2.42. The van der Waals surface area contributed by atoms with Crippen LogP contribution < -0.4 is 0 Å². The maximum atomic E-state index is 12.0. The van der Waals surface area contributed by atoms with Gasteiger partial charge in [0.25, 0.3) is 0 Å². The van der Waals surface area contributed by atoms with E-state index in [0.717, 1.165) is 19.5 Å². The van der Waals surface area contributed by atoms with E-state index in [4.69, 9.17) is 0 Å². The van der Waals surface area contributed by atoms with Gasteiger partial charge in [-0.15, -0.1) is 22.7 Å². The van der Waals surface area contributed by atoms with Crippen molar-refractivity contribution in [2.24, 2.45) is 0 Å². The molecule has 2 nitrogen and oxygen atoms in total. The van der Waals surface area contributed by atoms with E-state index in [1.165, 1.54) is 46.6 Å². The zero-order valence-electron chi connectivity index (χ0n) is 11.8. The zero-order chi connectivity index (χ0) is 15.6. The van der Waals surface area contributed by atoms with Gasteiger partial charge in [-0.25, -0.2) is 0 Å². The normalized spacial score (nSPS) is 10.4. The van der Waals surface area contributed by atoms with Crippen molar-refractivity contribution in [3.63, 3.8) is 0 Å². The Bertz CT molecular complexity index is 673. The van der Waals surface area contributed by atoms with Gasteiger partial charge in [0.15, 0.2) is 11.6 Å². The summed E-state index contributed by atoms with van der Waals surface area (Å²) < 4.78 is 1.80. The smallest absolute Gasteiger partial charge is 0.187 e. The monoisotopic (exact) mass is 334 g/mol. The molecule has 5 heteroatoms. The molecule has 2 aromatic heterocycles. The molecule has 0 aliphatic carbocycles. The maximum Gasteiger partial charge on any atom is 0.187 e. The maximum absolute atomic E-state index is 12.0. The standard InChI is InChI=1S/C16H14O2S3/c1-5-11(17)13-9(3)7-19-15(13)21-16-14(12(18)6-2)10(4)8-20-16/h5-8H,1-2H2,3-4H3. The van der Waals surface area contributed by atoms with E-state index in [1.807, 2.05) is 24.6 Å². The fourth-order valence-electron chi connectivity index (χ4n) is 1.87. The molecule has 0 amide bonds. The summed E-state index contributed by atoms with van der Waals surface area (Å²) in [4.78, 5) is 24.0. The second-order valence-corrected chi connectivity index (χ2v) is 7.70. The molecule has 0 atom stereocenters. The van der Waals surface area contributed by atoms with Crippen LogP contribution in [-0.4, -0.2) is 11.6 Å². The highest BCUT2D eigenvalue weighted by molar-refractivity contribution is 8.03. The molecule has 2 rings (SSSR count). The third-order valence-corrected chi connectivity index (χ3v) is 6.57. The van der Waals surface area contributed by atoms with Crippen LogP contribution in [0.15, 0.2) is 44.5 Å². The number of hydrogen-bond acceptors (Lipinski definition) is 5. The first-order chi connectivity index (χ1) is 9.99. The van der Waals surface area contributed by atoms with Gasteiger partial charge in [0, 0.05) is 11.1 Å². The Morgan fingerprint density at radius 3 is 1.67 bits per heavy atom. The number of ketones is 2. The minimum Gasteiger partial charge on any atom is -0.289 e. The number of carbonyl (C=O) groups excluding carboxylic acids is 2. The number of thiophene rings is 2. The molecule has 0 aromatic carbocycles. The Balaban J connectivity index is 2.45. The van der Waals surface area contributed by atoms with Crippen molar-refractivity contribution in [2.45, 2.75) is 22.3 Å². The Labute approximate surface area is 136 Å². The predicted octanol–water partition coefficient (Wildman–Crippen LogP) is 5.32. The summed E-state index contributed by atoms with van der Waals surface area (Å²) >= 11 is 4.50. The van der Waals surface area contributed by atoms with E-state index in [2.05, 4.69) is 13.2 Å². The third-order valence-electron chi connectivity index (χ3n) is 2.93. The minimum atomic E-state index is -0.0823. The lowest BCUT2D eigenvalue weighted by atomic mass is 10.1. The lowest BCUT2D eigenvalue weighted by Crippen LogP contribution is -1.97. The SMILES string of the molecule is C=CC(=O)c1c(C)csc1Sc1scc(C)c1C(=O)C=C. The van der Waals surface area contributed by atoms with Gasteiger partial charge in [-0.2, -0.15) is 0 Å². The lowest BCUT2D eigenvalue weighted by molar-refractivity contribution is 0.103. The van der Waals surface area contributed by atoms with Crippen molar-refractivity contribution < 1.29 is 9.59 Å². The molecule has 0 bridgehead atoms. The molecular weight excluding hydrogens is 320 g/mol. The van der Waals surface area contributed by atoms with Crippen LogP contribution in [0.1, 0.15) is 31.8 Å². The molecule has 0 saturated heterocycles. The molecule has 0 spiro atoms. The molecule has 0 N–H and O–H groups in total. The second-order valence-electron chi connectivity index (χ2n) is 4.40. The number of hydrogen-bond donors (Lipinski definition) is 0. The Hall–Kier alpha value is -1.43. The highest BCUT2D eigenvalue weighted by Gasteiger charge is 2.20. The van der Waals surface area contributed by atoms with Gasteiger partial charge in [0.05, 0.1) is 8.42 Å². The molecule has 2 heterocycles. The minimum absolute atomic E-state index is 0.0823. The molecule has 0 fully saturated rings. The van der Waals surface area contributed by atoms with E-state index in [1.54, 1.807) is 0 Å². The molecule has 0 aliphatic rings. The number of aryl methyl sites for hydroxylation is 2. The topological polar surface area (TPSA) is 34.1 Å². The molecule has 0 unspecified atom stereocenters. The van der Waals surface area contributed by atoms with Crippen LogP contribution in [0.3, 0.4) is 0 Å². The van der Waals surface area contributed by atoms with E-state index in [-0.39, 0.29) is 11.6 Å². The summed E-state index contributed by atoms with van der Waals surface area (Å²) in [6, 6.07) is 0. The highest BCUT2D eigenvalue weighted by atomic mass is 32.2. The summed E-state index contributed by atoms with van der Waals surface area (Å²) in [6.45, 7) is 10.9. The average Bonchev–Trinajstić information content (AvgIpc) is 3.01. The van der Waals surface area contributed by atoms with Gasteiger partial charge in [-0.1, -0.05) is 24.9 Å². The lowest BCUT2D eigenvalue weighted by Gasteiger charge is -2.03. The van der Waals surface area contributed by atoms with Crippen LogP contribution in [0.2, 0.25) is 0 Å². The van der Waals surface area contributed by atoms with Crippen molar-refractivity contribution in [1.29, 1.82) is 0 Å². The van der Waals surface area contributed by atoms with E-state index in [9.17, 15) is 9.59 Å². The fraction of sp³-hybridized carbons (Fsp3) is 0.125. The van der Waals surface area contributed by atoms with E-state index in [0.29, 0.717) is 11.1 Å². The molecule has 108 valence electrons. The summed E-state index contributed by atoms with van der Waals surface area (Å²) in [5.41, 5.74) is 3.25. The average molecular weight is 334 g/mol. The Morgan fingerprint density at radius 1 is 0.952 bits per heavy atom. The van der Waals surface area contributed by atoms with Crippen molar-refractivity contribution in [2.75, 3.05) is 0 Å². The molecule has 0 saturated carbocycles. The van der Waals surface area contributed by atoms with Gasteiger partial charge in [-0.05, 0) is 47.9 Å². The summed E-state index contributed by atoms with van der Waals surface area (Å²) in [6.07, 6.45) is 2.66. The quantitative estimate of drug-likeness (QED) is 0.530. The number of carbonyl (C=O) groups is 2. The largest absolute Gasteiger partial charge is 0.289 e. The first kappa shape index (κ1) is 15.9. The van der Waals surface area contributed by atoms with E-state index >= 15 is 0 Å². The molecular formula is C16H14O2S3. The Kier molecular flexibility index (Phi) is 4.98. The van der Waals surface area contributed by atoms with Crippen molar-refractivity contribution in [1.82, 2.24) is 0 Å². The van der Waals surface area contributed by atoms with Crippen LogP contribution in [-0.2, 0) is 0 Å². The molecule has 0 aliphatic heterocycles. The number of rotatable bonds is 6. The molecule has 21 heavy (non-hydrogen) atoms. The number of allylic oxidation sites excluding steroid dienone is 2. The van der Waals surface area contributed by atoms with Crippen molar-refractivity contribution in [3.05, 3.63) is 58.3 Å². The Morgan fingerprint density at radius 2 is 1.33 bits per heavy atom. The van der Waals surface area contributed by atoms with Crippen molar-refractivity contribution >= 4 is 46.0 Å². The van der Waals surface area contributed by atoms with Crippen LogP contribution in [0.5, 0.6) is 0 Å². The molecule has 2 aromatic rings. The van der Waals surface area contributed by atoms with Crippen LogP contribution in [0.4, 0.5) is 0 Å². The van der Waals surface area contributed by atoms with Crippen LogP contribution in [0.25, 0.3) is 0 Å². The molecule has 0 radical (unpaired) electrons. The van der Waals surface area contributed by atoms with Crippen LogP contribution in [0, 0.1) is 13.8 Å². The van der Waals surface area contributed by atoms with E-state index < -0.39 is 0 Å². The second kappa shape index (κ2) is 6.56. The first-order valence-electron chi connectivity index (χ1n) is 6.17. The zero-order valence-corrected chi connectivity index (χ0v) is 14.2. The van der Waals surface area contributed by atoms with Gasteiger partial charge in [-0.3, -0.25) is 9.59 Å².